The highest BCUT2D eigenvalue weighted by Crippen LogP contribution is 2.48. The molecule has 4 rings (SSSR count). The Kier molecular flexibility index (Phi) is 4.05. The van der Waals surface area contributed by atoms with E-state index in [4.69, 9.17) is 0 Å². The maximum Gasteiger partial charge on any atom is 0.296 e. The van der Waals surface area contributed by atoms with Crippen molar-refractivity contribution in [1.29, 1.82) is 0 Å². The fourth-order valence-corrected chi connectivity index (χ4v) is 4.05. The Morgan fingerprint density at radius 3 is 2.58 bits per heavy atom. The summed E-state index contributed by atoms with van der Waals surface area (Å²) in [5, 5.41) is 13.0. The van der Waals surface area contributed by atoms with Crippen LogP contribution in [0.4, 0.5) is 0 Å². The number of carbonyl (C=O) groups excluding carboxylic acids is 1. The third-order valence-electron chi connectivity index (χ3n) is 5.76. The SMILES string of the molecule is Cc1ccc(CNC(=O)c2nc3n(c(=O)c2O)CCCC32CCC2)cc1. The molecule has 1 amide bonds. The summed E-state index contributed by atoms with van der Waals surface area (Å²) in [4.78, 5) is 29.6. The molecule has 0 saturated heterocycles. The fraction of sp³-hybridized carbons (Fsp3) is 0.450. The zero-order chi connectivity index (χ0) is 18.3. The largest absolute Gasteiger partial charge is 0.501 e. The van der Waals surface area contributed by atoms with Crippen LogP contribution in [0.3, 0.4) is 0 Å². The number of hydrogen-bond donors (Lipinski definition) is 2. The molecule has 2 heterocycles. The van der Waals surface area contributed by atoms with Gasteiger partial charge in [0.1, 0.15) is 5.82 Å². The molecule has 1 saturated carbocycles. The highest BCUT2D eigenvalue weighted by molar-refractivity contribution is 5.94. The standard InChI is InChI=1S/C20H23N3O3/c1-13-4-6-14(7-5-13)12-21-17(25)15-16(24)18(26)23-11-3-10-20(8-2-9-20)19(23)22-15/h4-7,24H,2-3,8-12H2,1H3,(H,21,25). The number of aromatic hydroxyl groups is 1. The van der Waals surface area contributed by atoms with Crippen LogP contribution in [-0.2, 0) is 18.5 Å². The van der Waals surface area contributed by atoms with E-state index < -0.39 is 17.2 Å². The molecule has 2 aromatic rings. The van der Waals surface area contributed by atoms with Gasteiger partial charge in [-0.15, -0.1) is 0 Å². The van der Waals surface area contributed by atoms with Gasteiger partial charge in [-0.3, -0.25) is 14.2 Å². The lowest BCUT2D eigenvalue weighted by atomic mass is 9.64. The lowest BCUT2D eigenvalue weighted by Gasteiger charge is -2.45. The second-order valence-electron chi connectivity index (χ2n) is 7.50. The number of aryl methyl sites for hydroxylation is 1. The van der Waals surface area contributed by atoms with Gasteiger partial charge in [-0.25, -0.2) is 4.98 Å². The summed E-state index contributed by atoms with van der Waals surface area (Å²) in [6.45, 7) is 2.88. The van der Waals surface area contributed by atoms with Crippen molar-refractivity contribution in [2.24, 2.45) is 0 Å². The smallest absolute Gasteiger partial charge is 0.296 e. The highest BCUT2D eigenvalue weighted by Gasteiger charge is 2.44. The summed E-state index contributed by atoms with van der Waals surface area (Å²) in [7, 11) is 0. The van der Waals surface area contributed by atoms with Crippen molar-refractivity contribution < 1.29 is 9.90 Å². The number of rotatable bonds is 3. The molecule has 0 bridgehead atoms. The lowest BCUT2D eigenvalue weighted by Crippen LogP contribution is -2.45. The topological polar surface area (TPSA) is 84.2 Å². The van der Waals surface area contributed by atoms with Crippen LogP contribution in [0.1, 0.15) is 59.5 Å². The van der Waals surface area contributed by atoms with Crippen LogP contribution >= 0.6 is 0 Å². The van der Waals surface area contributed by atoms with E-state index in [9.17, 15) is 14.7 Å². The summed E-state index contributed by atoms with van der Waals surface area (Å²) in [6, 6.07) is 7.83. The van der Waals surface area contributed by atoms with E-state index in [1.807, 2.05) is 31.2 Å². The first-order valence-corrected chi connectivity index (χ1v) is 9.18. The minimum atomic E-state index is -0.550. The van der Waals surface area contributed by atoms with E-state index in [2.05, 4.69) is 10.3 Å². The van der Waals surface area contributed by atoms with Crippen molar-refractivity contribution >= 4 is 5.91 Å². The first-order valence-electron chi connectivity index (χ1n) is 9.18. The molecule has 1 aromatic heterocycles. The summed E-state index contributed by atoms with van der Waals surface area (Å²) >= 11 is 0. The first kappa shape index (κ1) is 16.8. The van der Waals surface area contributed by atoms with Gasteiger partial charge in [0.25, 0.3) is 11.5 Å². The Balaban J connectivity index is 1.63. The zero-order valence-electron chi connectivity index (χ0n) is 14.9. The van der Waals surface area contributed by atoms with Gasteiger partial charge in [0, 0.05) is 18.5 Å². The second kappa shape index (κ2) is 6.27. The molecule has 1 fully saturated rings. The third-order valence-corrected chi connectivity index (χ3v) is 5.76. The maximum atomic E-state index is 12.6. The molecule has 26 heavy (non-hydrogen) atoms. The van der Waals surface area contributed by atoms with E-state index in [0.717, 1.165) is 43.2 Å². The number of benzene rings is 1. The molecule has 1 aliphatic carbocycles. The molecular weight excluding hydrogens is 330 g/mol. The molecule has 2 N–H and O–H groups in total. The Hall–Kier alpha value is -2.63. The van der Waals surface area contributed by atoms with Crippen LogP contribution < -0.4 is 10.9 Å². The molecule has 6 heteroatoms. The van der Waals surface area contributed by atoms with E-state index >= 15 is 0 Å². The van der Waals surface area contributed by atoms with Crippen LogP contribution in [0.5, 0.6) is 5.75 Å². The lowest BCUT2D eigenvalue weighted by molar-refractivity contribution is 0.0938. The quantitative estimate of drug-likeness (QED) is 0.887. The average Bonchev–Trinajstić information content (AvgIpc) is 2.62. The molecular formula is C20H23N3O3. The predicted molar refractivity (Wildman–Crippen MR) is 97.3 cm³/mol. The first-order chi connectivity index (χ1) is 12.5. The van der Waals surface area contributed by atoms with Crippen molar-refractivity contribution in [3.63, 3.8) is 0 Å². The van der Waals surface area contributed by atoms with E-state index in [-0.39, 0.29) is 11.1 Å². The molecule has 2 aliphatic rings. The minimum Gasteiger partial charge on any atom is -0.501 e. The van der Waals surface area contributed by atoms with Gasteiger partial charge in [-0.2, -0.15) is 0 Å². The van der Waals surface area contributed by atoms with Gasteiger partial charge in [0.05, 0.1) is 0 Å². The normalized spacial score (nSPS) is 17.4. The van der Waals surface area contributed by atoms with Crippen molar-refractivity contribution in [2.45, 2.75) is 57.5 Å². The molecule has 0 radical (unpaired) electrons. The summed E-state index contributed by atoms with van der Waals surface area (Å²) in [5.41, 5.74) is 1.36. The minimum absolute atomic E-state index is 0.0862. The van der Waals surface area contributed by atoms with Gasteiger partial charge in [0.2, 0.25) is 5.75 Å². The van der Waals surface area contributed by atoms with Crippen LogP contribution in [-0.4, -0.2) is 20.6 Å². The van der Waals surface area contributed by atoms with Gasteiger partial charge in [-0.1, -0.05) is 36.2 Å². The van der Waals surface area contributed by atoms with Gasteiger partial charge in [-0.05, 0) is 38.2 Å². The predicted octanol–water partition coefficient (Wildman–Crippen LogP) is 2.40. The summed E-state index contributed by atoms with van der Waals surface area (Å²) in [5.74, 6) is -0.381. The molecule has 1 spiro atoms. The van der Waals surface area contributed by atoms with Gasteiger partial charge in [0.15, 0.2) is 5.69 Å². The van der Waals surface area contributed by atoms with Gasteiger partial charge >= 0.3 is 0 Å². The number of nitrogens with one attached hydrogen (secondary N) is 1. The van der Waals surface area contributed by atoms with E-state index in [1.54, 1.807) is 4.57 Å². The third kappa shape index (κ3) is 2.69. The van der Waals surface area contributed by atoms with Crippen molar-refractivity contribution in [1.82, 2.24) is 14.9 Å². The monoisotopic (exact) mass is 353 g/mol. The van der Waals surface area contributed by atoms with Crippen molar-refractivity contribution in [3.05, 3.63) is 57.3 Å². The Morgan fingerprint density at radius 1 is 1.23 bits per heavy atom. The average molecular weight is 353 g/mol. The molecule has 136 valence electrons. The zero-order valence-corrected chi connectivity index (χ0v) is 14.9. The molecule has 1 aliphatic heterocycles. The Labute approximate surface area is 151 Å². The number of aromatic nitrogens is 2. The Morgan fingerprint density at radius 2 is 1.92 bits per heavy atom. The van der Waals surface area contributed by atoms with E-state index in [0.29, 0.717) is 18.9 Å². The molecule has 6 nitrogen and oxygen atoms in total. The number of amides is 1. The molecule has 0 unspecified atom stereocenters. The number of carbonyl (C=O) groups is 1. The number of nitrogens with zero attached hydrogens (tertiary/aromatic N) is 2. The summed E-state index contributed by atoms with van der Waals surface area (Å²) in [6.07, 6.45) is 5.01. The number of fused-ring (bicyclic) bond motifs is 2. The van der Waals surface area contributed by atoms with Crippen LogP contribution in [0.25, 0.3) is 0 Å². The highest BCUT2D eigenvalue weighted by atomic mass is 16.3. The second-order valence-corrected chi connectivity index (χ2v) is 7.50. The maximum absolute atomic E-state index is 12.6. The summed E-state index contributed by atoms with van der Waals surface area (Å²) < 4.78 is 1.56. The van der Waals surface area contributed by atoms with Crippen LogP contribution in [0.2, 0.25) is 0 Å². The Bertz CT molecular complexity index is 911. The van der Waals surface area contributed by atoms with Crippen molar-refractivity contribution in [3.8, 4) is 5.75 Å². The molecule has 0 atom stereocenters. The van der Waals surface area contributed by atoms with Crippen molar-refractivity contribution in [2.75, 3.05) is 0 Å². The fourth-order valence-electron chi connectivity index (χ4n) is 4.05. The van der Waals surface area contributed by atoms with Crippen LogP contribution in [0, 0.1) is 6.92 Å². The number of hydrogen-bond acceptors (Lipinski definition) is 4. The van der Waals surface area contributed by atoms with E-state index in [1.165, 1.54) is 0 Å². The van der Waals surface area contributed by atoms with Gasteiger partial charge < -0.3 is 10.4 Å². The van der Waals surface area contributed by atoms with Crippen LogP contribution in [0.15, 0.2) is 29.1 Å². The molecule has 1 aromatic carbocycles.